The third-order valence-electron chi connectivity index (χ3n) is 20.3. The molecule has 0 atom stereocenters. The molecule has 11 nitrogen and oxygen atoms in total. The first kappa shape index (κ1) is 61.5. The van der Waals surface area contributed by atoms with Crippen LogP contribution in [0.25, 0.3) is 141 Å². The Morgan fingerprint density at radius 1 is 0.208 bits per heavy atom. The highest BCUT2D eigenvalue weighted by Crippen LogP contribution is 2.46. The van der Waals surface area contributed by atoms with Crippen molar-refractivity contribution in [1.82, 2.24) is 44.4 Å². The zero-order valence-electron chi connectivity index (χ0n) is 57.1. The summed E-state index contributed by atoms with van der Waals surface area (Å²) in [5, 5.41) is 2.07. The van der Waals surface area contributed by atoms with E-state index in [1.807, 2.05) is 127 Å². The van der Waals surface area contributed by atoms with Crippen LogP contribution in [0, 0.1) is 0 Å². The minimum absolute atomic E-state index is 0.0632. The molecule has 6 heterocycles. The molecular formula is C94H60BN11. The van der Waals surface area contributed by atoms with Gasteiger partial charge in [-0.15, -0.1) is 0 Å². The van der Waals surface area contributed by atoms with Crippen LogP contribution in [0.3, 0.4) is 0 Å². The van der Waals surface area contributed by atoms with Crippen LogP contribution in [0.1, 0.15) is 0 Å². The summed E-state index contributed by atoms with van der Waals surface area (Å²) in [7, 11) is 0. The maximum atomic E-state index is 5.67. The second-order valence-corrected chi connectivity index (χ2v) is 26.6. The summed E-state index contributed by atoms with van der Waals surface area (Å²) < 4.78 is 2.33. The lowest BCUT2D eigenvalue weighted by atomic mass is 9.33. The highest BCUT2D eigenvalue weighted by molar-refractivity contribution is 7.00. The lowest BCUT2D eigenvalue weighted by molar-refractivity contribution is 1.07. The Kier molecular flexibility index (Phi) is 15.0. The van der Waals surface area contributed by atoms with Crippen molar-refractivity contribution < 1.29 is 0 Å². The van der Waals surface area contributed by atoms with E-state index in [1.165, 1.54) is 39.1 Å². The van der Waals surface area contributed by atoms with Crippen molar-refractivity contribution in [2.45, 2.75) is 0 Å². The Hall–Kier alpha value is -14.4. The molecule has 0 bridgehead atoms. The molecule has 0 fully saturated rings. The third kappa shape index (κ3) is 10.9. The van der Waals surface area contributed by atoms with E-state index in [4.69, 9.17) is 39.9 Å². The largest absolute Gasteiger partial charge is 0.311 e. The van der Waals surface area contributed by atoms with Crippen LogP contribution < -0.4 is 26.2 Å². The van der Waals surface area contributed by atoms with Gasteiger partial charge in [0.1, 0.15) is 0 Å². The van der Waals surface area contributed by atoms with Gasteiger partial charge in [0, 0.05) is 95.0 Å². The van der Waals surface area contributed by atoms with Gasteiger partial charge in [-0.2, -0.15) is 0 Å². The number of anilines is 6. The van der Waals surface area contributed by atoms with E-state index in [-0.39, 0.29) is 6.71 Å². The average molecular weight is 1350 g/mol. The fourth-order valence-electron chi connectivity index (χ4n) is 15.4. The molecule has 14 aromatic carbocycles. The third-order valence-corrected chi connectivity index (χ3v) is 20.3. The molecule has 4 aromatic heterocycles. The van der Waals surface area contributed by atoms with Crippen molar-refractivity contribution in [1.29, 1.82) is 0 Å². The van der Waals surface area contributed by atoms with E-state index in [0.29, 0.717) is 40.8 Å². The lowest BCUT2D eigenvalue weighted by Crippen LogP contribution is -2.61. The van der Waals surface area contributed by atoms with Gasteiger partial charge in [-0.05, 0) is 125 Å². The number of fused-ring (bicyclic) bond motifs is 7. The number of para-hydroxylation sites is 4. The van der Waals surface area contributed by atoms with Gasteiger partial charge in [0.2, 0.25) is 0 Å². The van der Waals surface area contributed by atoms with Crippen LogP contribution in [-0.2, 0) is 0 Å². The molecule has 2 aliphatic rings. The molecule has 0 unspecified atom stereocenters. The molecule has 2 aliphatic heterocycles. The Morgan fingerprint density at radius 2 is 0.566 bits per heavy atom. The molecule has 0 saturated carbocycles. The van der Waals surface area contributed by atoms with Crippen LogP contribution in [0.2, 0.25) is 0 Å². The van der Waals surface area contributed by atoms with Crippen LogP contribution >= 0.6 is 0 Å². The van der Waals surface area contributed by atoms with Gasteiger partial charge >= 0.3 is 0 Å². The molecule has 0 N–H and O–H groups in total. The second-order valence-electron chi connectivity index (χ2n) is 26.6. The van der Waals surface area contributed by atoms with Gasteiger partial charge in [0.05, 0.1) is 28.1 Å². The van der Waals surface area contributed by atoms with Gasteiger partial charge in [0.15, 0.2) is 40.8 Å². The topological polar surface area (TPSA) is 115 Å². The minimum Gasteiger partial charge on any atom is -0.311 e. The number of nitrogens with zero attached hydrogens (tertiary/aromatic N) is 11. The zero-order chi connectivity index (χ0) is 70.0. The first-order chi connectivity index (χ1) is 52.5. The fourth-order valence-corrected chi connectivity index (χ4v) is 15.4. The van der Waals surface area contributed by atoms with E-state index in [2.05, 4.69) is 251 Å². The molecule has 0 spiro atoms. The van der Waals surface area contributed by atoms with Crippen molar-refractivity contribution in [2.24, 2.45) is 0 Å². The molecule has 0 saturated heterocycles. The average Bonchev–Trinajstić information content (AvgIpc) is 0.844. The van der Waals surface area contributed by atoms with Crippen LogP contribution in [0.5, 0.6) is 0 Å². The van der Waals surface area contributed by atoms with E-state index in [0.717, 1.165) is 111 Å². The smallest absolute Gasteiger partial charge is 0.252 e. The summed E-state index contributed by atoms with van der Waals surface area (Å²) in [5.74, 6) is 3.91. The van der Waals surface area contributed by atoms with Crippen LogP contribution in [0.15, 0.2) is 364 Å². The van der Waals surface area contributed by atoms with Crippen LogP contribution in [-0.4, -0.2) is 51.2 Å². The lowest BCUT2D eigenvalue weighted by Gasteiger charge is -2.44. The number of hydrogen-bond acceptors (Lipinski definition) is 10. The molecule has 12 heteroatoms. The van der Waals surface area contributed by atoms with Crippen molar-refractivity contribution in [3.8, 4) is 119 Å². The van der Waals surface area contributed by atoms with Crippen molar-refractivity contribution >= 4 is 79.0 Å². The number of aromatic nitrogens is 9. The number of hydrogen-bond donors (Lipinski definition) is 0. The Labute approximate surface area is 612 Å². The maximum absolute atomic E-state index is 5.67. The Balaban J connectivity index is 0.721. The van der Waals surface area contributed by atoms with Crippen molar-refractivity contribution in [3.63, 3.8) is 0 Å². The van der Waals surface area contributed by atoms with Gasteiger partial charge in [-0.25, -0.2) is 39.9 Å². The summed E-state index contributed by atoms with van der Waals surface area (Å²) in [6.07, 6.45) is 0. The Bertz CT molecular complexity index is 6270. The maximum Gasteiger partial charge on any atom is 0.252 e. The van der Waals surface area contributed by atoms with Gasteiger partial charge in [0.25, 0.3) is 6.71 Å². The van der Waals surface area contributed by atoms with E-state index < -0.39 is 0 Å². The quantitative estimate of drug-likeness (QED) is 0.103. The van der Waals surface area contributed by atoms with Gasteiger partial charge in [-0.3, -0.25) is 0 Å². The molecule has 18 aromatic rings. The monoisotopic (exact) mass is 1350 g/mol. The predicted molar refractivity (Wildman–Crippen MR) is 432 cm³/mol. The predicted octanol–water partition coefficient (Wildman–Crippen LogP) is 20.7. The zero-order valence-corrected chi connectivity index (χ0v) is 57.1. The highest BCUT2D eigenvalue weighted by Gasteiger charge is 2.43. The van der Waals surface area contributed by atoms with E-state index in [9.17, 15) is 0 Å². The van der Waals surface area contributed by atoms with Crippen molar-refractivity contribution in [3.05, 3.63) is 364 Å². The molecule has 0 amide bonds. The molecule has 0 aliphatic carbocycles. The first-order valence-corrected chi connectivity index (χ1v) is 35.6. The second kappa shape index (κ2) is 25.9. The molecule has 494 valence electrons. The normalized spacial score (nSPS) is 12.1. The Morgan fingerprint density at radius 3 is 1.08 bits per heavy atom. The summed E-state index contributed by atoms with van der Waals surface area (Å²) in [4.78, 5) is 47.1. The summed E-state index contributed by atoms with van der Waals surface area (Å²) in [6, 6.07) is 127. The van der Waals surface area contributed by atoms with E-state index >= 15 is 0 Å². The first-order valence-electron chi connectivity index (χ1n) is 35.6. The fraction of sp³-hybridized carbons (Fsp3) is 0. The van der Waals surface area contributed by atoms with Crippen molar-refractivity contribution in [2.75, 3.05) is 9.80 Å². The number of rotatable bonds is 13. The molecule has 20 rings (SSSR count). The number of benzene rings is 14. The molecule has 106 heavy (non-hydrogen) atoms. The summed E-state index contributed by atoms with van der Waals surface area (Å²) in [5.41, 5.74) is 25.2. The molecular weight excluding hydrogens is 1290 g/mol. The standard InChI is InChI=1S/C94H60BN11/c1-7-26-63(27-8-1)78-60-79(64-48-46-61(47-49-64)62-50-54-72(55-51-62)105-84-43-24-21-40-77(84)95-76-39-20-23-42-83(76)104(71-36-17-6-18-37-71)85-44-25-45-86(105)87(85)95)97-94(96-78)75-59-70(93-102-90(67-32-13-4-14-33-67)99-91(103-93)68-34-15-5-16-35-68)53-57-82(75)106-80-41-22-19-38-73(80)74-58-69(52-56-81(74)106)92-100-88(65-28-9-2-10-29-65)98-89(101-92)66-30-11-3-12-31-66/h1-60H. The summed E-state index contributed by atoms with van der Waals surface area (Å²) >= 11 is 0. The van der Waals surface area contributed by atoms with Gasteiger partial charge < -0.3 is 14.4 Å². The minimum atomic E-state index is 0.0632. The van der Waals surface area contributed by atoms with E-state index in [1.54, 1.807) is 0 Å². The SMILES string of the molecule is c1ccc(-c2cc(-c3ccc(-c4ccc(N5c6ccccc6B6c7ccccc7N(c7ccccc7)c7cccc5c76)cc4)cc3)nc(-c3cc(-c4nc(-c5ccccc5)nc(-c5ccccc5)n4)ccc3-n3c4ccccc4c4cc(-c5nc(-c6ccccc6)nc(-c6ccccc6)n5)ccc43)n2)cc1. The highest BCUT2D eigenvalue weighted by atomic mass is 15.2. The molecule has 0 radical (unpaired) electrons. The van der Waals surface area contributed by atoms with Gasteiger partial charge in [-0.1, -0.05) is 267 Å². The summed E-state index contributed by atoms with van der Waals surface area (Å²) in [6.45, 7) is 0.0632. The van der Waals surface area contributed by atoms with Crippen LogP contribution in [0.4, 0.5) is 34.1 Å².